The minimum atomic E-state index is -4.21. The average Bonchev–Trinajstić information content (AvgIpc) is 2.86. The predicted octanol–water partition coefficient (Wildman–Crippen LogP) is 2.13. The Morgan fingerprint density at radius 3 is 2.38 bits per heavy atom. The molecule has 10 heteroatoms. The summed E-state index contributed by atoms with van der Waals surface area (Å²) >= 11 is 0. The summed E-state index contributed by atoms with van der Waals surface area (Å²) in [5, 5.41) is 12.4. The van der Waals surface area contributed by atoms with Gasteiger partial charge in [0, 0.05) is 52.1 Å². The first-order valence-electron chi connectivity index (χ1n) is 9.56. The number of methoxy groups -OCH3 is 1. The van der Waals surface area contributed by atoms with Gasteiger partial charge in [0.25, 0.3) is 0 Å². The van der Waals surface area contributed by atoms with Crippen molar-refractivity contribution in [3.8, 4) is 6.07 Å². The van der Waals surface area contributed by atoms with Crippen molar-refractivity contribution in [2.45, 2.75) is 33.0 Å². The van der Waals surface area contributed by atoms with Crippen LogP contribution in [0, 0.1) is 25.2 Å². The molecule has 0 unspecified atom stereocenters. The first-order chi connectivity index (χ1) is 13.7. The molecule has 1 N–H and O–H groups in total. The van der Waals surface area contributed by atoms with Crippen LogP contribution in [-0.2, 0) is 16.1 Å². The molecule has 2 rings (SSSR count). The lowest BCUT2D eigenvalue weighted by Crippen LogP contribution is -2.50. The summed E-state index contributed by atoms with van der Waals surface area (Å²) in [5.74, 6) is 0.190. The maximum Gasteiger partial charge on any atom is 0.401 e. The molecule has 162 valence electrons. The van der Waals surface area contributed by atoms with E-state index in [2.05, 4.69) is 11.4 Å². The minimum Gasteiger partial charge on any atom is -0.385 e. The Bertz CT molecular complexity index is 746. The maximum absolute atomic E-state index is 12.6. The second-order valence-electron chi connectivity index (χ2n) is 7.26. The van der Waals surface area contributed by atoms with E-state index in [9.17, 15) is 23.2 Å². The van der Waals surface area contributed by atoms with Crippen LogP contribution in [0.15, 0.2) is 0 Å². The number of nitriles is 1. The normalized spacial score (nSPS) is 16.0. The van der Waals surface area contributed by atoms with Crippen LogP contribution in [0.25, 0.3) is 0 Å². The molecule has 1 aliphatic rings. The zero-order chi connectivity index (χ0) is 21.6. The van der Waals surface area contributed by atoms with Crippen molar-refractivity contribution < 1.29 is 22.7 Å². The summed E-state index contributed by atoms with van der Waals surface area (Å²) in [4.78, 5) is 15.7. The number of nitrogens with zero attached hydrogens (tertiary/aromatic N) is 4. The molecule has 0 aliphatic carbocycles. The molecular weight excluding hydrogens is 387 g/mol. The summed E-state index contributed by atoms with van der Waals surface area (Å²) in [6.07, 6.45) is -3.47. The summed E-state index contributed by atoms with van der Waals surface area (Å²) < 4.78 is 44.5. The number of amides is 1. The van der Waals surface area contributed by atoms with Crippen molar-refractivity contribution in [3.63, 3.8) is 0 Å². The largest absolute Gasteiger partial charge is 0.401 e. The molecule has 2 heterocycles. The Kier molecular flexibility index (Phi) is 8.07. The lowest BCUT2D eigenvalue weighted by atomic mass is 10.2. The molecular formula is C19H28F3N5O2. The van der Waals surface area contributed by atoms with E-state index in [0.717, 1.165) is 17.7 Å². The standard InChI is InChI=1S/C19H28F3N5O2/c1-14-15(2)27(5-4-10-29-3)18(16(14)11-23)24-17(28)12-25-6-8-26(9-7-25)13-19(20,21)22/h4-10,12-13H2,1-3H3,(H,24,28). The van der Waals surface area contributed by atoms with Crippen LogP contribution in [0.4, 0.5) is 19.0 Å². The van der Waals surface area contributed by atoms with E-state index < -0.39 is 12.7 Å². The van der Waals surface area contributed by atoms with Crippen LogP contribution in [0.1, 0.15) is 23.2 Å². The van der Waals surface area contributed by atoms with E-state index in [4.69, 9.17) is 4.74 Å². The highest BCUT2D eigenvalue weighted by Crippen LogP contribution is 2.26. The number of anilines is 1. The van der Waals surface area contributed by atoms with Crippen molar-refractivity contribution in [1.82, 2.24) is 14.4 Å². The second kappa shape index (κ2) is 10.1. The molecule has 0 bridgehead atoms. The van der Waals surface area contributed by atoms with Crippen molar-refractivity contribution in [2.75, 3.05) is 58.3 Å². The number of alkyl halides is 3. The monoisotopic (exact) mass is 415 g/mol. The van der Waals surface area contributed by atoms with Gasteiger partial charge in [-0.25, -0.2) is 0 Å². The van der Waals surface area contributed by atoms with Gasteiger partial charge in [-0.3, -0.25) is 14.6 Å². The summed E-state index contributed by atoms with van der Waals surface area (Å²) in [7, 11) is 1.62. The number of aromatic nitrogens is 1. The Balaban J connectivity index is 1.98. The van der Waals surface area contributed by atoms with E-state index in [1.165, 1.54) is 4.90 Å². The molecule has 29 heavy (non-hydrogen) atoms. The Labute approximate surface area is 169 Å². The molecule has 1 fully saturated rings. The molecule has 7 nitrogen and oxygen atoms in total. The number of nitrogens with one attached hydrogen (secondary N) is 1. The third-order valence-corrected chi connectivity index (χ3v) is 5.16. The van der Waals surface area contributed by atoms with Gasteiger partial charge in [-0.15, -0.1) is 0 Å². The molecule has 0 saturated carbocycles. The molecule has 1 aromatic rings. The van der Waals surface area contributed by atoms with E-state index in [-0.39, 0.29) is 25.5 Å². The lowest BCUT2D eigenvalue weighted by Gasteiger charge is -2.34. The average molecular weight is 415 g/mol. The Hall–Kier alpha value is -2.09. The van der Waals surface area contributed by atoms with Gasteiger partial charge in [-0.1, -0.05) is 0 Å². The van der Waals surface area contributed by atoms with Gasteiger partial charge in [0.05, 0.1) is 18.7 Å². The van der Waals surface area contributed by atoms with Gasteiger partial charge in [-0.05, 0) is 25.8 Å². The third kappa shape index (κ3) is 6.45. The first kappa shape index (κ1) is 23.2. The highest BCUT2D eigenvalue weighted by atomic mass is 19.4. The van der Waals surface area contributed by atoms with E-state index >= 15 is 0 Å². The van der Waals surface area contributed by atoms with Crippen LogP contribution in [0.5, 0.6) is 0 Å². The van der Waals surface area contributed by atoms with Gasteiger partial charge in [0.15, 0.2) is 0 Å². The number of carbonyl (C=O) groups excluding carboxylic acids is 1. The lowest BCUT2D eigenvalue weighted by molar-refractivity contribution is -0.149. The molecule has 1 saturated heterocycles. The fourth-order valence-corrected chi connectivity index (χ4v) is 3.51. The number of hydrogen-bond donors (Lipinski definition) is 1. The van der Waals surface area contributed by atoms with Crippen LogP contribution < -0.4 is 5.32 Å². The summed E-state index contributed by atoms with van der Waals surface area (Å²) in [5.41, 5.74) is 2.16. The van der Waals surface area contributed by atoms with Gasteiger partial charge in [0.1, 0.15) is 11.9 Å². The van der Waals surface area contributed by atoms with E-state index in [0.29, 0.717) is 37.6 Å². The second-order valence-corrected chi connectivity index (χ2v) is 7.26. The van der Waals surface area contributed by atoms with Crippen molar-refractivity contribution in [3.05, 3.63) is 16.8 Å². The fourth-order valence-electron chi connectivity index (χ4n) is 3.51. The predicted molar refractivity (Wildman–Crippen MR) is 103 cm³/mol. The molecule has 0 aromatic carbocycles. The number of piperazine rings is 1. The van der Waals surface area contributed by atoms with Crippen LogP contribution >= 0.6 is 0 Å². The SMILES string of the molecule is COCCCn1c(C)c(C)c(C#N)c1NC(=O)CN1CCN(CC(F)(F)F)CC1. The van der Waals surface area contributed by atoms with Crippen LogP contribution in [-0.4, -0.2) is 79.4 Å². The number of carbonyl (C=O) groups is 1. The fraction of sp³-hybridized carbons (Fsp3) is 0.684. The molecule has 0 radical (unpaired) electrons. The number of ether oxygens (including phenoxy) is 1. The highest BCUT2D eigenvalue weighted by molar-refractivity contribution is 5.93. The van der Waals surface area contributed by atoms with Crippen molar-refractivity contribution in [2.24, 2.45) is 0 Å². The Morgan fingerprint density at radius 2 is 1.83 bits per heavy atom. The number of hydrogen-bond acceptors (Lipinski definition) is 5. The Morgan fingerprint density at radius 1 is 1.21 bits per heavy atom. The van der Waals surface area contributed by atoms with Gasteiger partial charge < -0.3 is 14.6 Å². The smallest absolute Gasteiger partial charge is 0.385 e. The van der Waals surface area contributed by atoms with Crippen LogP contribution in [0.3, 0.4) is 0 Å². The molecule has 1 amide bonds. The third-order valence-electron chi connectivity index (χ3n) is 5.16. The zero-order valence-corrected chi connectivity index (χ0v) is 17.1. The molecule has 0 atom stereocenters. The van der Waals surface area contributed by atoms with E-state index in [1.54, 1.807) is 7.11 Å². The van der Waals surface area contributed by atoms with Gasteiger partial charge in [-0.2, -0.15) is 18.4 Å². The first-order valence-corrected chi connectivity index (χ1v) is 9.56. The molecule has 0 spiro atoms. The maximum atomic E-state index is 12.6. The molecule has 1 aromatic heterocycles. The topological polar surface area (TPSA) is 73.5 Å². The van der Waals surface area contributed by atoms with Crippen LogP contribution in [0.2, 0.25) is 0 Å². The van der Waals surface area contributed by atoms with Gasteiger partial charge in [0.2, 0.25) is 5.91 Å². The van der Waals surface area contributed by atoms with Crippen molar-refractivity contribution >= 4 is 11.7 Å². The zero-order valence-electron chi connectivity index (χ0n) is 17.1. The summed E-state index contributed by atoms with van der Waals surface area (Å²) in [6.45, 7) is 5.38. The number of halogens is 3. The minimum absolute atomic E-state index is 0.0755. The van der Waals surface area contributed by atoms with E-state index in [1.807, 2.05) is 23.3 Å². The van der Waals surface area contributed by atoms with Crippen molar-refractivity contribution in [1.29, 1.82) is 5.26 Å². The molecule has 1 aliphatic heterocycles. The quantitative estimate of drug-likeness (QED) is 0.659. The van der Waals surface area contributed by atoms with Gasteiger partial charge >= 0.3 is 6.18 Å². The highest BCUT2D eigenvalue weighted by Gasteiger charge is 2.32. The number of rotatable bonds is 8. The summed E-state index contributed by atoms with van der Waals surface area (Å²) in [6, 6.07) is 2.16.